The molecule has 26 heavy (non-hydrogen) atoms. The van der Waals surface area contributed by atoms with Crippen molar-refractivity contribution in [1.29, 1.82) is 0 Å². The van der Waals surface area contributed by atoms with Gasteiger partial charge in [-0.15, -0.1) is 0 Å². The van der Waals surface area contributed by atoms with Crippen LogP contribution >= 0.6 is 0 Å². The Morgan fingerprint density at radius 3 is 2.15 bits per heavy atom. The van der Waals surface area contributed by atoms with Gasteiger partial charge in [-0.2, -0.15) is 0 Å². The Labute approximate surface area is 153 Å². The molecule has 2 aromatic carbocycles. The molecular weight excluding hydrogens is 352 g/mol. The molecule has 138 valence electrons. The number of nitrogens with one attached hydrogen (secondary N) is 1. The van der Waals surface area contributed by atoms with Gasteiger partial charge in [0.15, 0.2) is 0 Å². The van der Waals surface area contributed by atoms with Gasteiger partial charge in [0.05, 0.1) is 18.1 Å². The maximum Gasteiger partial charge on any atom is 0.261 e. The Morgan fingerprint density at radius 1 is 1.00 bits per heavy atom. The van der Waals surface area contributed by atoms with Crippen LogP contribution in [-0.2, 0) is 14.8 Å². The van der Waals surface area contributed by atoms with Crippen molar-refractivity contribution in [2.75, 3.05) is 31.0 Å². The van der Waals surface area contributed by atoms with Gasteiger partial charge < -0.3 is 9.64 Å². The normalized spacial score (nSPS) is 14.9. The van der Waals surface area contributed by atoms with Gasteiger partial charge in [0.1, 0.15) is 0 Å². The average molecular weight is 374 g/mol. The number of amides is 1. The number of anilines is 1. The van der Waals surface area contributed by atoms with E-state index in [1.54, 1.807) is 29.2 Å². The van der Waals surface area contributed by atoms with Crippen molar-refractivity contribution < 1.29 is 17.9 Å². The third-order valence-electron chi connectivity index (χ3n) is 4.18. The number of ether oxygens (including phenoxy) is 1. The monoisotopic (exact) mass is 374 g/mol. The fourth-order valence-electron chi connectivity index (χ4n) is 2.97. The zero-order chi connectivity index (χ0) is 18.7. The molecule has 0 atom stereocenters. The highest BCUT2D eigenvalue weighted by Gasteiger charge is 2.20. The Balaban J connectivity index is 1.77. The molecule has 0 radical (unpaired) electrons. The smallest absolute Gasteiger partial charge is 0.261 e. The van der Waals surface area contributed by atoms with E-state index in [9.17, 15) is 13.2 Å². The quantitative estimate of drug-likeness (QED) is 0.892. The first-order chi connectivity index (χ1) is 12.3. The van der Waals surface area contributed by atoms with Gasteiger partial charge in [-0.05, 0) is 61.4 Å². The summed E-state index contributed by atoms with van der Waals surface area (Å²) in [5, 5.41) is 0. The van der Waals surface area contributed by atoms with E-state index in [-0.39, 0.29) is 10.8 Å². The number of carbonyl (C=O) groups excluding carboxylic acids is 1. The molecule has 1 aliphatic heterocycles. The molecule has 1 amide bonds. The lowest BCUT2D eigenvalue weighted by atomic mass is 10.1. The maximum absolute atomic E-state index is 12.6. The first-order valence-corrected chi connectivity index (χ1v) is 9.92. The summed E-state index contributed by atoms with van der Waals surface area (Å²) in [5.41, 5.74) is 2.96. The molecular formula is C19H22N2O4S. The van der Waals surface area contributed by atoms with Crippen molar-refractivity contribution >= 4 is 21.6 Å². The van der Waals surface area contributed by atoms with E-state index in [4.69, 9.17) is 4.74 Å². The van der Waals surface area contributed by atoms with Gasteiger partial charge in [0.25, 0.3) is 15.9 Å². The highest BCUT2D eigenvalue weighted by Crippen LogP contribution is 2.20. The van der Waals surface area contributed by atoms with Crippen molar-refractivity contribution in [2.45, 2.75) is 18.7 Å². The first kappa shape index (κ1) is 18.4. The number of hydrogen-bond acceptors (Lipinski definition) is 4. The molecule has 6 nitrogen and oxygen atoms in total. The third kappa shape index (κ3) is 4.23. The molecule has 2 aromatic rings. The predicted molar refractivity (Wildman–Crippen MR) is 99.9 cm³/mol. The maximum atomic E-state index is 12.6. The highest BCUT2D eigenvalue weighted by atomic mass is 32.2. The minimum Gasteiger partial charge on any atom is -0.378 e. The molecule has 0 saturated carbocycles. The summed E-state index contributed by atoms with van der Waals surface area (Å²) in [6.07, 6.45) is 0. The number of morpholine rings is 1. The van der Waals surface area contributed by atoms with Crippen LogP contribution in [0, 0.1) is 13.8 Å². The van der Waals surface area contributed by atoms with E-state index in [2.05, 4.69) is 4.72 Å². The number of benzene rings is 2. The van der Waals surface area contributed by atoms with E-state index in [0.29, 0.717) is 37.6 Å². The third-order valence-corrected chi connectivity index (χ3v) is 5.58. The van der Waals surface area contributed by atoms with Gasteiger partial charge >= 0.3 is 0 Å². The van der Waals surface area contributed by atoms with Crippen LogP contribution in [-0.4, -0.2) is 45.5 Å². The van der Waals surface area contributed by atoms with Crippen molar-refractivity contribution in [1.82, 2.24) is 4.90 Å². The van der Waals surface area contributed by atoms with Crippen molar-refractivity contribution in [3.05, 3.63) is 59.2 Å². The molecule has 3 rings (SSSR count). The number of aryl methyl sites for hydroxylation is 2. The fraction of sp³-hybridized carbons (Fsp3) is 0.316. The van der Waals surface area contributed by atoms with Crippen LogP contribution in [0.1, 0.15) is 21.5 Å². The summed E-state index contributed by atoms with van der Waals surface area (Å²) in [5.74, 6) is -0.112. The predicted octanol–water partition coefficient (Wildman–Crippen LogP) is 2.58. The van der Waals surface area contributed by atoms with E-state index in [1.165, 1.54) is 12.1 Å². The molecule has 7 heteroatoms. The molecule has 1 saturated heterocycles. The van der Waals surface area contributed by atoms with Crippen LogP contribution < -0.4 is 4.72 Å². The second-order valence-electron chi connectivity index (χ2n) is 6.41. The second kappa shape index (κ2) is 7.47. The van der Waals surface area contributed by atoms with Crippen molar-refractivity contribution in [2.24, 2.45) is 0 Å². The van der Waals surface area contributed by atoms with Crippen LogP contribution in [0.3, 0.4) is 0 Å². The first-order valence-electron chi connectivity index (χ1n) is 8.43. The van der Waals surface area contributed by atoms with Gasteiger partial charge in [-0.3, -0.25) is 9.52 Å². The summed E-state index contributed by atoms with van der Waals surface area (Å²) < 4.78 is 33.0. The molecule has 0 aliphatic carbocycles. The number of rotatable bonds is 4. The van der Waals surface area contributed by atoms with Gasteiger partial charge in [0.2, 0.25) is 0 Å². The second-order valence-corrected chi connectivity index (χ2v) is 8.09. The standard InChI is InChI=1S/C19H22N2O4S/c1-14-11-15(2)13-17(12-14)20-26(23,24)18-5-3-16(4-6-18)19(22)21-7-9-25-10-8-21/h3-6,11-13,20H,7-10H2,1-2H3. The van der Waals surface area contributed by atoms with Gasteiger partial charge in [-0.1, -0.05) is 6.07 Å². The molecule has 0 bridgehead atoms. The number of nitrogens with zero attached hydrogens (tertiary/aromatic N) is 1. The Hall–Kier alpha value is -2.38. The van der Waals surface area contributed by atoms with Crippen LogP contribution in [0.25, 0.3) is 0 Å². The average Bonchev–Trinajstić information content (AvgIpc) is 2.60. The number of carbonyl (C=O) groups is 1. The van der Waals surface area contributed by atoms with Crippen LogP contribution in [0.2, 0.25) is 0 Å². The Morgan fingerprint density at radius 2 is 1.58 bits per heavy atom. The lowest BCUT2D eigenvalue weighted by Crippen LogP contribution is -2.40. The Kier molecular flexibility index (Phi) is 5.29. The largest absolute Gasteiger partial charge is 0.378 e. The molecule has 0 aromatic heterocycles. The van der Waals surface area contributed by atoms with Crippen LogP contribution in [0.15, 0.2) is 47.4 Å². The highest BCUT2D eigenvalue weighted by molar-refractivity contribution is 7.92. The van der Waals surface area contributed by atoms with E-state index >= 15 is 0 Å². The molecule has 1 heterocycles. The number of hydrogen-bond donors (Lipinski definition) is 1. The Bertz CT molecular complexity index is 881. The minimum atomic E-state index is -3.71. The lowest BCUT2D eigenvalue weighted by molar-refractivity contribution is 0.0303. The summed E-state index contributed by atoms with van der Waals surface area (Å²) in [7, 11) is -3.71. The van der Waals surface area contributed by atoms with Crippen LogP contribution in [0.5, 0.6) is 0 Å². The SMILES string of the molecule is Cc1cc(C)cc(NS(=O)(=O)c2ccc(C(=O)N3CCOCC3)cc2)c1. The van der Waals surface area contributed by atoms with Gasteiger partial charge in [0, 0.05) is 24.3 Å². The molecule has 0 unspecified atom stereocenters. The van der Waals surface area contributed by atoms with Crippen LogP contribution in [0.4, 0.5) is 5.69 Å². The van der Waals surface area contributed by atoms with Crippen molar-refractivity contribution in [3.63, 3.8) is 0 Å². The van der Waals surface area contributed by atoms with Gasteiger partial charge in [-0.25, -0.2) is 8.42 Å². The molecule has 1 N–H and O–H groups in total. The molecule has 1 aliphatic rings. The zero-order valence-electron chi connectivity index (χ0n) is 14.9. The zero-order valence-corrected chi connectivity index (χ0v) is 15.7. The topological polar surface area (TPSA) is 75.7 Å². The number of sulfonamides is 1. The summed E-state index contributed by atoms with van der Waals surface area (Å²) in [4.78, 5) is 14.3. The van der Waals surface area contributed by atoms with E-state index < -0.39 is 10.0 Å². The fourth-order valence-corrected chi connectivity index (χ4v) is 4.01. The van der Waals surface area contributed by atoms with Crippen molar-refractivity contribution in [3.8, 4) is 0 Å². The summed E-state index contributed by atoms with van der Waals surface area (Å²) in [6.45, 7) is 5.98. The molecule has 0 spiro atoms. The molecule has 1 fully saturated rings. The summed E-state index contributed by atoms with van der Waals surface area (Å²) >= 11 is 0. The van der Waals surface area contributed by atoms with E-state index in [1.807, 2.05) is 19.9 Å². The lowest BCUT2D eigenvalue weighted by Gasteiger charge is -2.26. The van der Waals surface area contributed by atoms with E-state index in [0.717, 1.165) is 11.1 Å². The minimum absolute atomic E-state index is 0.112. The summed E-state index contributed by atoms with van der Waals surface area (Å²) in [6, 6.07) is 11.5.